The van der Waals surface area contributed by atoms with E-state index < -0.39 is 0 Å². The van der Waals surface area contributed by atoms with Gasteiger partial charge in [0.05, 0.1) is 5.52 Å². The summed E-state index contributed by atoms with van der Waals surface area (Å²) < 4.78 is 15.7. The van der Waals surface area contributed by atoms with Gasteiger partial charge < -0.3 is 15.2 Å². The highest BCUT2D eigenvalue weighted by Crippen LogP contribution is 2.23. The fraction of sp³-hybridized carbons (Fsp3) is 0.500. The summed E-state index contributed by atoms with van der Waals surface area (Å²) in [6.07, 6.45) is 4.53. The van der Waals surface area contributed by atoms with Crippen LogP contribution in [0.15, 0.2) is 24.4 Å². The SMILES string of the molecule is Cn1cc(CNCC2CCNCC2)c2cccc(F)c21. The summed E-state index contributed by atoms with van der Waals surface area (Å²) in [6, 6.07) is 5.31. The highest BCUT2D eigenvalue weighted by Gasteiger charge is 2.13. The predicted octanol–water partition coefficient (Wildman–Crippen LogP) is 2.41. The molecule has 20 heavy (non-hydrogen) atoms. The maximum atomic E-state index is 13.8. The van der Waals surface area contributed by atoms with Crippen LogP contribution in [0.25, 0.3) is 10.9 Å². The quantitative estimate of drug-likeness (QED) is 0.897. The molecule has 4 heteroatoms. The van der Waals surface area contributed by atoms with Crippen molar-refractivity contribution in [1.29, 1.82) is 0 Å². The molecule has 108 valence electrons. The van der Waals surface area contributed by atoms with Crippen LogP contribution in [0, 0.1) is 11.7 Å². The number of nitrogens with zero attached hydrogens (tertiary/aromatic N) is 1. The summed E-state index contributed by atoms with van der Waals surface area (Å²) in [7, 11) is 1.90. The molecular formula is C16H22FN3. The highest BCUT2D eigenvalue weighted by atomic mass is 19.1. The molecule has 1 aromatic heterocycles. The number of aromatic nitrogens is 1. The number of fused-ring (bicyclic) bond motifs is 1. The fourth-order valence-corrected chi connectivity index (χ4v) is 3.14. The highest BCUT2D eigenvalue weighted by molar-refractivity contribution is 5.84. The molecule has 2 N–H and O–H groups in total. The molecule has 2 heterocycles. The average Bonchev–Trinajstić information content (AvgIpc) is 2.78. The van der Waals surface area contributed by atoms with Gasteiger partial charge in [0, 0.05) is 25.2 Å². The first kappa shape index (κ1) is 13.6. The Kier molecular flexibility index (Phi) is 4.03. The van der Waals surface area contributed by atoms with E-state index >= 15 is 0 Å². The molecule has 1 aliphatic rings. The van der Waals surface area contributed by atoms with Crippen molar-refractivity contribution in [3.8, 4) is 0 Å². The van der Waals surface area contributed by atoms with Gasteiger partial charge in [-0.25, -0.2) is 4.39 Å². The van der Waals surface area contributed by atoms with Crippen molar-refractivity contribution in [2.75, 3.05) is 19.6 Å². The second kappa shape index (κ2) is 5.94. The molecule has 3 nitrogen and oxygen atoms in total. The third kappa shape index (κ3) is 2.72. The summed E-state index contributed by atoms with van der Waals surface area (Å²) in [6.45, 7) is 4.12. The Morgan fingerprint density at radius 1 is 1.35 bits per heavy atom. The Morgan fingerprint density at radius 3 is 2.95 bits per heavy atom. The van der Waals surface area contributed by atoms with Crippen LogP contribution in [0.5, 0.6) is 0 Å². The minimum Gasteiger partial charge on any atom is -0.348 e. The Labute approximate surface area is 119 Å². The molecule has 0 atom stereocenters. The van der Waals surface area contributed by atoms with Gasteiger partial charge in [-0.05, 0) is 50.0 Å². The topological polar surface area (TPSA) is 29.0 Å². The van der Waals surface area contributed by atoms with E-state index in [2.05, 4.69) is 10.6 Å². The molecule has 1 aromatic carbocycles. The fourth-order valence-electron chi connectivity index (χ4n) is 3.14. The molecule has 1 aliphatic heterocycles. The summed E-state index contributed by atoms with van der Waals surface area (Å²) in [5.41, 5.74) is 1.88. The van der Waals surface area contributed by atoms with E-state index in [-0.39, 0.29) is 5.82 Å². The number of halogens is 1. The molecule has 0 bridgehead atoms. The third-order valence-electron chi connectivity index (χ3n) is 4.24. The Morgan fingerprint density at radius 2 is 2.15 bits per heavy atom. The lowest BCUT2D eigenvalue weighted by atomic mass is 9.98. The van der Waals surface area contributed by atoms with Gasteiger partial charge >= 0.3 is 0 Å². The number of para-hydroxylation sites is 1. The molecule has 3 rings (SSSR count). The number of piperidine rings is 1. The van der Waals surface area contributed by atoms with Gasteiger partial charge in [-0.15, -0.1) is 0 Å². The number of hydrogen-bond acceptors (Lipinski definition) is 2. The molecule has 0 spiro atoms. The van der Waals surface area contributed by atoms with Crippen LogP contribution >= 0.6 is 0 Å². The normalized spacial score (nSPS) is 16.9. The van der Waals surface area contributed by atoms with Gasteiger partial charge in [0.1, 0.15) is 5.82 Å². The molecule has 1 saturated heterocycles. The average molecular weight is 275 g/mol. The van der Waals surface area contributed by atoms with Crippen LogP contribution < -0.4 is 10.6 Å². The molecule has 0 amide bonds. The lowest BCUT2D eigenvalue weighted by molar-refractivity contribution is 0.356. The van der Waals surface area contributed by atoms with Crippen LogP contribution in [0.3, 0.4) is 0 Å². The molecule has 0 aliphatic carbocycles. The Bertz CT molecular complexity index is 585. The Balaban J connectivity index is 1.67. The lowest BCUT2D eigenvalue weighted by Gasteiger charge is -2.22. The zero-order chi connectivity index (χ0) is 13.9. The van der Waals surface area contributed by atoms with Crippen molar-refractivity contribution in [1.82, 2.24) is 15.2 Å². The molecule has 0 radical (unpaired) electrons. The number of hydrogen-bond donors (Lipinski definition) is 2. The largest absolute Gasteiger partial charge is 0.348 e. The first-order chi connectivity index (χ1) is 9.75. The molecule has 1 fully saturated rings. The lowest BCUT2D eigenvalue weighted by Crippen LogP contribution is -2.33. The van der Waals surface area contributed by atoms with E-state index in [0.29, 0.717) is 5.52 Å². The first-order valence-electron chi connectivity index (χ1n) is 7.39. The van der Waals surface area contributed by atoms with Gasteiger partial charge in [0.2, 0.25) is 0 Å². The second-order valence-corrected chi connectivity index (χ2v) is 5.73. The van der Waals surface area contributed by atoms with Crippen molar-refractivity contribution < 1.29 is 4.39 Å². The van der Waals surface area contributed by atoms with E-state index in [1.807, 2.05) is 23.9 Å². The van der Waals surface area contributed by atoms with Crippen LogP contribution in [0.1, 0.15) is 18.4 Å². The van der Waals surface area contributed by atoms with E-state index in [1.165, 1.54) is 24.5 Å². The number of benzene rings is 1. The third-order valence-corrected chi connectivity index (χ3v) is 4.24. The zero-order valence-electron chi connectivity index (χ0n) is 12.0. The smallest absolute Gasteiger partial charge is 0.147 e. The van der Waals surface area contributed by atoms with Gasteiger partial charge in [-0.3, -0.25) is 0 Å². The van der Waals surface area contributed by atoms with Crippen molar-refractivity contribution in [2.45, 2.75) is 19.4 Å². The van der Waals surface area contributed by atoms with Crippen molar-refractivity contribution in [3.63, 3.8) is 0 Å². The van der Waals surface area contributed by atoms with E-state index in [9.17, 15) is 4.39 Å². The molecule has 0 saturated carbocycles. The molecule has 2 aromatic rings. The van der Waals surface area contributed by atoms with E-state index in [1.54, 1.807) is 6.07 Å². The Hall–Kier alpha value is -1.39. The minimum atomic E-state index is -0.144. The monoisotopic (exact) mass is 275 g/mol. The number of rotatable bonds is 4. The van der Waals surface area contributed by atoms with Crippen LogP contribution in [0.2, 0.25) is 0 Å². The predicted molar refractivity (Wildman–Crippen MR) is 80.2 cm³/mol. The first-order valence-corrected chi connectivity index (χ1v) is 7.39. The van der Waals surface area contributed by atoms with Gasteiger partial charge in [-0.1, -0.05) is 12.1 Å². The van der Waals surface area contributed by atoms with Gasteiger partial charge in [-0.2, -0.15) is 0 Å². The number of aryl methyl sites for hydroxylation is 1. The second-order valence-electron chi connectivity index (χ2n) is 5.73. The maximum Gasteiger partial charge on any atom is 0.147 e. The maximum absolute atomic E-state index is 13.8. The summed E-state index contributed by atoms with van der Waals surface area (Å²) in [4.78, 5) is 0. The molecular weight excluding hydrogens is 253 g/mol. The number of nitrogens with one attached hydrogen (secondary N) is 2. The van der Waals surface area contributed by atoms with Crippen molar-refractivity contribution in [2.24, 2.45) is 13.0 Å². The van der Waals surface area contributed by atoms with E-state index in [4.69, 9.17) is 0 Å². The van der Waals surface area contributed by atoms with E-state index in [0.717, 1.165) is 37.5 Å². The van der Waals surface area contributed by atoms with Gasteiger partial charge in [0.25, 0.3) is 0 Å². The molecule has 0 unspecified atom stereocenters. The standard InChI is InChI=1S/C16H22FN3/c1-20-11-13(14-3-2-4-15(17)16(14)20)10-19-9-12-5-7-18-8-6-12/h2-4,11-12,18-19H,5-10H2,1H3. The van der Waals surface area contributed by atoms with Crippen LogP contribution in [0.4, 0.5) is 4.39 Å². The van der Waals surface area contributed by atoms with Crippen LogP contribution in [-0.4, -0.2) is 24.2 Å². The van der Waals surface area contributed by atoms with Crippen LogP contribution in [-0.2, 0) is 13.6 Å². The zero-order valence-corrected chi connectivity index (χ0v) is 12.0. The summed E-state index contributed by atoms with van der Waals surface area (Å²) in [5.74, 6) is 0.623. The summed E-state index contributed by atoms with van der Waals surface area (Å²) in [5, 5.41) is 7.94. The van der Waals surface area contributed by atoms with Gasteiger partial charge in [0.15, 0.2) is 0 Å². The van der Waals surface area contributed by atoms with Crippen molar-refractivity contribution >= 4 is 10.9 Å². The minimum absolute atomic E-state index is 0.144. The summed E-state index contributed by atoms with van der Waals surface area (Å²) >= 11 is 0. The van der Waals surface area contributed by atoms with Crippen molar-refractivity contribution in [3.05, 3.63) is 35.8 Å².